The third-order valence-corrected chi connectivity index (χ3v) is 4.84. The molecule has 5 nitrogen and oxygen atoms in total. The van der Waals surface area contributed by atoms with Crippen molar-refractivity contribution in [2.24, 2.45) is 0 Å². The molecule has 2 N–H and O–H groups in total. The summed E-state index contributed by atoms with van der Waals surface area (Å²) >= 11 is 4.49. The molecule has 0 aliphatic carbocycles. The van der Waals surface area contributed by atoms with E-state index in [0.717, 1.165) is 11.1 Å². The molecular weight excluding hydrogens is 425 g/mol. The van der Waals surface area contributed by atoms with Crippen LogP contribution < -0.4 is 5.32 Å². The number of carboxylic acid groups (broad SMARTS) is 1. The van der Waals surface area contributed by atoms with Gasteiger partial charge in [0.15, 0.2) is 0 Å². The van der Waals surface area contributed by atoms with Crippen LogP contribution in [0.1, 0.15) is 11.1 Å². The second-order valence-electron chi connectivity index (χ2n) is 5.39. The third kappa shape index (κ3) is 7.05. The van der Waals surface area contributed by atoms with E-state index in [1.165, 1.54) is 23.9 Å². The van der Waals surface area contributed by atoms with E-state index in [9.17, 15) is 19.1 Å². The number of thioether (sulfide) groups is 1. The summed E-state index contributed by atoms with van der Waals surface area (Å²) < 4.78 is 19.0. The molecule has 2 aromatic rings. The largest absolute Gasteiger partial charge is 0.480 e. The fraction of sp³-hybridized carbons (Fsp3) is 0.222. The van der Waals surface area contributed by atoms with Gasteiger partial charge in [0.05, 0.1) is 0 Å². The maximum Gasteiger partial charge on any atom is 0.408 e. The van der Waals surface area contributed by atoms with Crippen LogP contribution in [0.5, 0.6) is 0 Å². The summed E-state index contributed by atoms with van der Waals surface area (Å²) in [5.41, 5.74) is 1.53. The summed E-state index contributed by atoms with van der Waals surface area (Å²) in [5, 5.41) is 11.6. The minimum atomic E-state index is -1.16. The Morgan fingerprint density at radius 1 is 1.19 bits per heavy atom. The SMILES string of the molecule is O=C(NC(CSCc1cc(F)cc(Br)c1)C(=O)O)OCc1ccccc1. The van der Waals surface area contributed by atoms with Gasteiger partial charge in [-0.2, -0.15) is 11.8 Å². The molecule has 0 saturated carbocycles. The number of nitrogens with one attached hydrogen (secondary N) is 1. The lowest BCUT2D eigenvalue weighted by molar-refractivity contribution is -0.138. The van der Waals surface area contributed by atoms with E-state index < -0.39 is 18.1 Å². The molecule has 138 valence electrons. The van der Waals surface area contributed by atoms with Gasteiger partial charge in [-0.1, -0.05) is 46.3 Å². The van der Waals surface area contributed by atoms with Crippen LogP contribution in [-0.2, 0) is 21.9 Å². The van der Waals surface area contributed by atoms with Crippen LogP contribution in [0.25, 0.3) is 0 Å². The van der Waals surface area contributed by atoms with Crippen LogP contribution in [0.2, 0.25) is 0 Å². The second kappa shape index (κ2) is 10.2. The number of alkyl carbamates (subject to hydrolysis) is 1. The Bertz CT molecular complexity index is 740. The van der Waals surface area contributed by atoms with E-state index in [1.807, 2.05) is 18.2 Å². The second-order valence-corrected chi connectivity index (χ2v) is 7.34. The van der Waals surface area contributed by atoms with Crippen molar-refractivity contribution in [3.05, 3.63) is 69.9 Å². The summed E-state index contributed by atoms with van der Waals surface area (Å²) in [6.07, 6.45) is -0.796. The van der Waals surface area contributed by atoms with Crippen molar-refractivity contribution in [2.45, 2.75) is 18.4 Å². The molecule has 1 atom stereocenters. The van der Waals surface area contributed by atoms with E-state index in [2.05, 4.69) is 21.2 Å². The molecule has 0 heterocycles. The molecular formula is C18H17BrFNO4S. The van der Waals surface area contributed by atoms with E-state index in [-0.39, 0.29) is 18.2 Å². The number of ether oxygens (including phenoxy) is 1. The topological polar surface area (TPSA) is 75.6 Å². The van der Waals surface area contributed by atoms with Gasteiger partial charge in [-0.15, -0.1) is 0 Å². The van der Waals surface area contributed by atoms with E-state index in [4.69, 9.17) is 4.74 Å². The van der Waals surface area contributed by atoms with Crippen LogP contribution in [0.15, 0.2) is 53.0 Å². The number of carboxylic acids is 1. The summed E-state index contributed by atoms with van der Waals surface area (Å²) in [5.74, 6) is -0.980. The normalized spacial score (nSPS) is 11.6. The molecule has 2 rings (SSSR count). The van der Waals surface area contributed by atoms with Crippen molar-refractivity contribution in [1.29, 1.82) is 0 Å². The minimum Gasteiger partial charge on any atom is -0.480 e. The number of benzene rings is 2. The standard InChI is InChI=1S/C18H17BrFNO4S/c19-14-6-13(7-15(20)8-14)10-26-11-16(17(22)23)21-18(24)25-9-12-4-2-1-3-5-12/h1-8,16H,9-11H2,(H,21,24)(H,22,23). The number of carbonyl (C=O) groups is 2. The average molecular weight is 442 g/mol. The predicted octanol–water partition coefficient (Wildman–Crippen LogP) is 4.20. The minimum absolute atomic E-state index is 0.0590. The lowest BCUT2D eigenvalue weighted by Gasteiger charge is -2.14. The number of aliphatic carboxylic acids is 1. The Hall–Kier alpha value is -2.06. The van der Waals surface area contributed by atoms with Crippen LogP contribution in [-0.4, -0.2) is 29.0 Å². The van der Waals surface area contributed by atoms with Crippen LogP contribution in [0.3, 0.4) is 0 Å². The first-order valence-corrected chi connectivity index (χ1v) is 9.61. The maximum absolute atomic E-state index is 13.3. The Labute approximate surface area is 163 Å². The number of rotatable bonds is 8. The van der Waals surface area contributed by atoms with Gasteiger partial charge in [-0.05, 0) is 29.3 Å². The Morgan fingerprint density at radius 3 is 2.58 bits per heavy atom. The quantitative estimate of drug-likeness (QED) is 0.641. The molecule has 0 aliphatic rings. The number of hydrogen-bond acceptors (Lipinski definition) is 4. The lowest BCUT2D eigenvalue weighted by Crippen LogP contribution is -2.42. The van der Waals surface area contributed by atoms with E-state index >= 15 is 0 Å². The zero-order valence-electron chi connectivity index (χ0n) is 13.7. The fourth-order valence-electron chi connectivity index (χ4n) is 2.07. The zero-order chi connectivity index (χ0) is 18.9. The molecule has 0 saturated heterocycles. The van der Waals surface area contributed by atoms with Crippen molar-refractivity contribution >= 4 is 39.8 Å². The molecule has 0 radical (unpaired) electrons. The average Bonchev–Trinajstić information content (AvgIpc) is 2.59. The fourth-order valence-corrected chi connectivity index (χ4v) is 3.57. The van der Waals surface area contributed by atoms with Gasteiger partial charge in [0.2, 0.25) is 0 Å². The summed E-state index contributed by atoms with van der Waals surface area (Å²) in [6.45, 7) is 0.0590. The predicted molar refractivity (Wildman–Crippen MR) is 101 cm³/mol. The first-order chi connectivity index (χ1) is 12.4. The van der Waals surface area contributed by atoms with Crippen molar-refractivity contribution < 1.29 is 23.8 Å². The van der Waals surface area contributed by atoms with Crippen molar-refractivity contribution in [2.75, 3.05) is 5.75 Å². The van der Waals surface area contributed by atoms with E-state index in [1.54, 1.807) is 18.2 Å². The molecule has 1 amide bonds. The van der Waals surface area contributed by atoms with Gasteiger partial charge in [-0.25, -0.2) is 14.0 Å². The van der Waals surface area contributed by atoms with Gasteiger partial charge in [-0.3, -0.25) is 0 Å². The molecule has 0 spiro atoms. The third-order valence-electron chi connectivity index (χ3n) is 3.28. The highest BCUT2D eigenvalue weighted by Crippen LogP contribution is 2.19. The molecule has 0 aromatic heterocycles. The van der Waals surface area contributed by atoms with E-state index in [0.29, 0.717) is 10.2 Å². The van der Waals surface area contributed by atoms with Crippen molar-refractivity contribution in [3.63, 3.8) is 0 Å². The number of amides is 1. The van der Waals surface area contributed by atoms with Crippen LogP contribution in [0, 0.1) is 5.82 Å². The highest BCUT2D eigenvalue weighted by atomic mass is 79.9. The number of hydrogen-bond donors (Lipinski definition) is 2. The molecule has 0 aliphatic heterocycles. The Kier molecular flexibility index (Phi) is 7.93. The van der Waals surface area contributed by atoms with Crippen LogP contribution >= 0.6 is 27.7 Å². The molecule has 26 heavy (non-hydrogen) atoms. The summed E-state index contributed by atoms with van der Waals surface area (Å²) in [6, 6.07) is 12.5. The summed E-state index contributed by atoms with van der Waals surface area (Å²) in [4.78, 5) is 23.1. The van der Waals surface area contributed by atoms with Gasteiger partial charge in [0.1, 0.15) is 18.5 Å². The highest BCUT2D eigenvalue weighted by molar-refractivity contribution is 9.10. The van der Waals surface area contributed by atoms with Gasteiger partial charge in [0, 0.05) is 16.0 Å². The zero-order valence-corrected chi connectivity index (χ0v) is 16.1. The first-order valence-electron chi connectivity index (χ1n) is 7.67. The van der Waals surface area contributed by atoms with Crippen molar-refractivity contribution in [3.8, 4) is 0 Å². The maximum atomic E-state index is 13.3. The first kappa shape index (κ1) is 20.3. The Morgan fingerprint density at radius 2 is 1.92 bits per heavy atom. The van der Waals surface area contributed by atoms with Crippen molar-refractivity contribution in [1.82, 2.24) is 5.32 Å². The van der Waals surface area contributed by atoms with Gasteiger partial charge >= 0.3 is 12.1 Å². The summed E-state index contributed by atoms with van der Waals surface area (Å²) in [7, 11) is 0. The van der Waals surface area contributed by atoms with Crippen LogP contribution in [0.4, 0.5) is 9.18 Å². The molecule has 0 bridgehead atoms. The number of halogens is 2. The van der Waals surface area contributed by atoms with Gasteiger partial charge < -0.3 is 15.2 Å². The molecule has 2 aromatic carbocycles. The number of carbonyl (C=O) groups excluding carboxylic acids is 1. The smallest absolute Gasteiger partial charge is 0.408 e. The lowest BCUT2D eigenvalue weighted by atomic mass is 10.2. The Balaban J connectivity index is 1.80. The highest BCUT2D eigenvalue weighted by Gasteiger charge is 2.20. The molecule has 0 fully saturated rings. The molecule has 8 heteroatoms. The molecule has 1 unspecified atom stereocenters. The monoisotopic (exact) mass is 441 g/mol. The van der Waals surface area contributed by atoms with Gasteiger partial charge in [0.25, 0.3) is 0 Å².